The third-order valence-electron chi connectivity index (χ3n) is 12.6. The molecular formula is C54H42. The maximum Gasteiger partial charge on any atom is -0.00195 e. The first-order chi connectivity index (χ1) is 26.2. The fraction of sp³-hybridized carbons (Fsp3) is 0.148. The molecule has 11 aromatic carbocycles. The molecule has 0 N–H and O–H groups in total. The molecule has 0 aromatic heterocycles. The lowest BCUT2D eigenvalue weighted by atomic mass is 9.89. The number of hydrogen-bond acceptors (Lipinski definition) is 0. The second kappa shape index (κ2) is 11.3. The predicted molar refractivity (Wildman–Crippen MR) is 237 cm³/mol. The Labute approximate surface area is 316 Å². The molecule has 0 heterocycles. The van der Waals surface area contributed by atoms with Crippen LogP contribution in [0, 0.1) is 13.8 Å². The Balaban J connectivity index is 1.28. The van der Waals surface area contributed by atoms with Gasteiger partial charge in [0.2, 0.25) is 0 Å². The van der Waals surface area contributed by atoms with E-state index in [0.29, 0.717) is 11.8 Å². The minimum Gasteiger partial charge on any atom is -0.0587 e. The molecule has 0 aliphatic rings. The molecule has 0 bridgehead atoms. The Morgan fingerprint density at radius 1 is 0.259 bits per heavy atom. The van der Waals surface area contributed by atoms with Crippen LogP contribution in [0.2, 0.25) is 0 Å². The SMILES string of the molecule is Cc1ccc2c(c1)c1cc(-c3ccc(C(C)C)cc3)cc3c4ccc5c(cc6c7ccc(C)cc7c7cc(-c8ccc(C(C)C)cc8)cc5c76)c4cc2c31. The molecular weight excluding hydrogens is 649 g/mol. The Bertz CT molecular complexity index is 3080. The third kappa shape index (κ3) is 4.44. The van der Waals surface area contributed by atoms with Gasteiger partial charge in [0, 0.05) is 0 Å². The van der Waals surface area contributed by atoms with Gasteiger partial charge in [-0.3, -0.25) is 0 Å². The van der Waals surface area contributed by atoms with Crippen molar-refractivity contribution in [3.05, 3.63) is 156 Å². The quantitative estimate of drug-likeness (QED) is 0.161. The zero-order valence-electron chi connectivity index (χ0n) is 31.9. The third-order valence-corrected chi connectivity index (χ3v) is 12.6. The summed E-state index contributed by atoms with van der Waals surface area (Å²) in [6, 6.07) is 52.2. The first-order valence-corrected chi connectivity index (χ1v) is 19.6. The normalized spacial score (nSPS) is 12.6. The van der Waals surface area contributed by atoms with Crippen molar-refractivity contribution in [3.8, 4) is 22.3 Å². The number of hydrogen-bond donors (Lipinski definition) is 0. The zero-order chi connectivity index (χ0) is 36.6. The lowest BCUT2D eigenvalue weighted by molar-refractivity contribution is 0.867. The molecule has 0 radical (unpaired) electrons. The van der Waals surface area contributed by atoms with Gasteiger partial charge in [-0.25, -0.2) is 0 Å². The monoisotopic (exact) mass is 690 g/mol. The molecule has 0 aliphatic carbocycles. The summed E-state index contributed by atoms with van der Waals surface area (Å²) in [5, 5.41) is 21.5. The van der Waals surface area contributed by atoms with E-state index in [9.17, 15) is 0 Å². The fourth-order valence-electron chi connectivity index (χ4n) is 9.68. The summed E-state index contributed by atoms with van der Waals surface area (Å²) in [5.74, 6) is 1.02. The van der Waals surface area contributed by atoms with Crippen molar-refractivity contribution >= 4 is 86.2 Å². The van der Waals surface area contributed by atoms with Gasteiger partial charge in [-0.1, -0.05) is 136 Å². The molecule has 11 rings (SSSR count). The zero-order valence-corrected chi connectivity index (χ0v) is 31.9. The number of fused-ring (bicyclic) bond motifs is 11. The van der Waals surface area contributed by atoms with E-state index in [0.717, 1.165) is 0 Å². The Hall–Kier alpha value is -5.98. The summed E-state index contributed by atoms with van der Waals surface area (Å²) < 4.78 is 0. The number of aryl methyl sites for hydroxylation is 2. The highest BCUT2D eigenvalue weighted by Crippen LogP contribution is 2.49. The molecule has 54 heavy (non-hydrogen) atoms. The van der Waals surface area contributed by atoms with E-state index in [1.807, 2.05) is 0 Å². The van der Waals surface area contributed by atoms with Crippen molar-refractivity contribution in [2.45, 2.75) is 53.4 Å². The molecule has 0 saturated carbocycles. The van der Waals surface area contributed by atoms with Crippen LogP contribution in [0.3, 0.4) is 0 Å². The lowest BCUT2D eigenvalue weighted by Crippen LogP contribution is -1.88. The van der Waals surface area contributed by atoms with Crippen molar-refractivity contribution in [1.82, 2.24) is 0 Å². The van der Waals surface area contributed by atoms with Crippen molar-refractivity contribution in [3.63, 3.8) is 0 Å². The highest BCUT2D eigenvalue weighted by molar-refractivity contribution is 6.40. The van der Waals surface area contributed by atoms with Crippen LogP contribution in [0.1, 0.15) is 61.8 Å². The maximum atomic E-state index is 2.51. The molecule has 0 atom stereocenters. The highest BCUT2D eigenvalue weighted by atomic mass is 14.2. The van der Waals surface area contributed by atoms with E-state index < -0.39 is 0 Å². The van der Waals surface area contributed by atoms with Crippen molar-refractivity contribution in [2.75, 3.05) is 0 Å². The number of rotatable bonds is 4. The summed E-state index contributed by atoms with van der Waals surface area (Å²) >= 11 is 0. The van der Waals surface area contributed by atoms with Crippen molar-refractivity contribution < 1.29 is 0 Å². The van der Waals surface area contributed by atoms with Gasteiger partial charge in [-0.05, 0) is 182 Å². The minimum atomic E-state index is 0.508. The van der Waals surface area contributed by atoms with Crippen LogP contribution in [0.25, 0.3) is 108 Å². The van der Waals surface area contributed by atoms with E-state index in [2.05, 4.69) is 175 Å². The lowest BCUT2D eigenvalue weighted by Gasteiger charge is -2.14. The van der Waals surface area contributed by atoms with Gasteiger partial charge in [0.05, 0.1) is 0 Å². The topological polar surface area (TPSA) is 0 Å². The Morgan fingerprint density at radius 2 is 0.556 bits per heavy atom. The van der Waals surface area contributed by atoms with Crippen LogP contribution >= 0.6 is 0 Å². The van der Waals surface area contributed by atoms with E-state index in [1.54, 1.807) is 0 Å². The Kier molecular flexibility index (Phi) is 6.58. The predicted octanol–water partition coefficient (Wildman–Crippen LogP) is 16.0. The molecule has 0 heteroatoms. The molecule has 258 valence electrons. The summed E-state index contributed by atoms with van der Waals surface area (Å²) in [4.78, 5) is 0. The fourth-order valence-corrected chi connectivity index (χ4v) is 9.68. The van der Waals surface area contributed by atoms with Crippen molar-refractivity contribution in [2.24, 2.45) is 0 Å². The average Bonchev–Trinajstić information content (AvgIpc) is 3.66. The largest absolute Gasteiger partial charge is 0.0587 e. The van der Waals surface area contributed by atoms with Crippen LogP contribution in [-0.2, 0) is 0 Å². The van der Waals surface area contributed by atoms with Crippen LogP contribution in [-0.4, -0.2) is 0 Å². The summed E-state index contributed by atoms with van der Waals surface area (Å²) in [5.41, 5.74) is 10.4. The Morgan fingerprint density at radius 3 is 0.907 bits per heavy atom. The minimum absolute atomic E-state index is 0.508. The average molecular weight is 691 g/mol. The van der Waals surface area contributed by atoms with Gasteiger partial charge in [0.1, 0.15) is 0 Å². The molecule has 0 fully saturated rings. The molecule has 0 saturated heterocycles. The van der Waals surface area contributed by atoms with Crippen LogP contribution in [0.5, 0.6) is 0 Å². The van der Waals surface area contributed by atoms with E-state index >= 15 is 0 Å². The second-order valence-corrected chi connectivity index (χ2v) is 16.6. The molecule has 0 nitrogen and oxygen atoms in total. The first-order valence-electron chi connectivity index (χ1n) is 19.6. The van der Waals surface area contributed by atoms with Crippen LogP contribution < -0.4 is 0 Å². The molecule has 11 aromatic rings. The van der Waals surface area contributed by atoms with E-state index in [-0.39, 0.29) is 0 Å². The van der Waals surface area contributed by atoms with Crippen LogP contribution in [0.15, 0.2) is 133 Å². The molecule has 0 unspecified atom stereocenters. The summed E-state index contributed by atoms with van der Waals surface area (Å²) in [6.45, 7) is 13.5. The maximum absolute atomic E-state index is 2.51. The van der Waals surface area contributed by atoms with Gasteiger partial charge in [-0.15, -0.1) is 0 Å². The van der Waals surface area contributed by atoms with Gasteiger partial charge in [-0.2, -0.15) is 0 Å². The summed E-state index contributed by atoms with van der Waals surface area (Å²) in [6.07, 6.45) is 0. The standard InChI is InChI=1S/C54H42/c1-29(2)33-9-13-35(14-10-33)37-23-47-41-19-20-42-46(45(41)27-51-39-17-7-31(5)21-43(39)49(25-37)53(47)51)28-52-40-18-8-32(6)22-44(40)50-26-38(24-48(42)54(50)52)36-15-11-34(12-16-36)30(3)4/h7-30H,1-6H3. The molecule has 0 amide bonds. The first kappa shape index (κ1) is 31.5. The number of benzene rings is 9. The smallest absolute Gasteiger partial charge is 0.00195 e. The van der Waals surface area contributed by atoms with E-state index in [1.165, 1.54) is 131 Å². The molecule has 0 aliphatic heterocycles. The van der Waals surface area contributed by atoms with Gasteiger partial charge >= 0.3 is 0 Å². The highest BCUT2D eigenvalue weighted by Gasteiger charge is 2.21. The van der Waals surface area contributed by atoms with Crippen LogP contribution in [0.4, 0.5) is 0 Å². The van der Waals surface area contributed by atoms with Gasteiger partial charge in [0.15, 0.2) is 0 Å². The summed E-state index contributed by atoms with van der Waals surface area (Å²) in [7, 11) is 0. The second-order valence-electron chi connectivity index (χ2n) is 16.6. The molecule has 0 spiro atoms. The van der Waals surface area contributed by atoms with Gasteiger partial charge < -0.3 is 0 Å². The van der Waals surface area contributed by atoms with E-state index in [4.69, 9.17) is 0 Å². The van der Waals surface area contributed by atoms with Gasteiger partial charge in [0.25, 0.3) is 0 Å². The van der Waals surface area contributed by atoms with Crippen molar-refractivity contribution in [1.29, 1.82) is 0 Å².